The fourth-order valence-electron chi connectivity index (χ4n) is 3.13. The second-order valence-corrected chi connectivity index (χ2v) is 6.22. The van der Waals surface area contributed by atoms with Gasteiger partial charge in [-0.05, 0) is 44.5 Å². The Labute approximate surface area is 147 Å². The molecule has 1 amide bonds. The number of hydrogen-bond acceptors (Lipinski definition) is 4. The van der Waals surface area contributed by atoms with E-state index in [1.54, 1.807) is 0 Å². The van der Waals surface area contributed by atoms with Crippen molar-refractivity contribution < 1.29 is 4.79 Å². The minimum atomic E-state index is 0.0717. The van der Waals surface area contributed by atoms with Gasteiger partial charge in [0.15, 0.2) is 5.65 Å². The Kier molecular flexibility index (Phi) is 5.28. The van der Waals surface area contributed by atoms with Crippen molar-refractivity contribution in [1.29, 1.82) is 0 Å². The minimum absolute atomic E-state index is 0.0717. The van der Waals surface area contributed by atoms with Crippen LogP contribution in [0.5, 0.6) is 0 Å². The standard InChI is InChI=1S/C19H25N5O/c1-4-20-11-12-21-18(25)10-9-15-13(2)22-19-16-7-5-6-8-17(16)23-24(19)14(15)3/h5-8,20H,4,9-12H2,1-3H3,(H,21,25). The van der Waals surface area contributed by atoms with E-state index in [9.17, 15) is 4.79 Å². The van der Waals surface area contributed by atoms with Gasteiger partial charge in [0, 0.05) is 36.3 Å². The molecular formula is C19H25N5O. The lowest BCUT2D eigenvalue weighted by molar-refractivity contribution is -0.121. The fourth-order valence-corrected chi connectivity index (χ4v) is 3.13. The SMILES string of the molecule is CCNCCNC(=O)CCc1c(C)nc2c3ccccc3nn2c1C. The molecule has 6 heteroatoms. The summed E-state index contributed by atoms with van der Waals surface area (Å²) in [6, 6.07) is 8.02. The van der Waals surface area contributed by atoms with Crippen molar-refractivity contribution in [3.05, 3.63) is 41.2 Å². The first-order chi connectivity index (χ1) is 12.1. The molecule has 3 rings (SSSR count). The maximum atomic E-state index is 12.0. The molecule has 25 heavy (non-hydrogen) atoms. The maximum absolute atomic E-state index is 12.0. The Morgan fingerprint density at radius 2 is 2.00 bits per heavy atom. The van der Waals surface area contributed by atoms with Gasteiger partial charge in [-0.2, -0.15) is 5.10 Å². The van der Waals surface area contributed by atoms with E-state index in [2.05, 4.69) is 22.7 Å². The summed E-state index contributed by atoms with van der Waals surface area (Å²) < 4.78 is 1.90. The summed E-state index contributed by atoms with van der Waals surface area (Å²) in [7, 11) is 0. The molecule has 6 nitrogen and oxygen atoms in total. The van der Waals surface area contributed by atoms with Crippen LogP contribution in [0.3, 0.4) is 0 Å². The number of nitrogens with one attached hydrogen (secondary N) is 2. The minimum Gasteiger partial charge on any atom is -0.355 e. The van der Waals surface area contributed by atoms with E-state index in [-0.39, 0.29) is 5.91 Å². The smallest absolute Gasteiger partial charge is 0.220 e. The highest BCUT2D eigenvalue weighted by molar-refractivity contribution is 5.92. The highest BCUT2D eigenvalue weighted by atomic mass is 16.1. The Morgan fingerprint density at radius 1 is 1.20 bits per heavy atom. The Balaban J connectivity index is 1.78. The molecule has 1 aromatic carbocycles. The molecule has 0 saturated carbocycles. The molecule has 0 radical (unpaired) electrons. The van der Waals surface area contributed by atoms with Crippen LogP contribution in [0.1, 0.15) is 30.3 Å². The number of likely N-dealkylation sites (N-methyl/N-ethyl adjacent to an activating group) is 1. The lowest BCUT2D eigenvalue weighted by atomic mass is 10.1. The summed E-state index contributed by atoms with van der Waals surface area (Å²) in [6.07, 6.45) is 1.13. The van der Waals surface area contributed by atoms with Gasteiger partial charge in [0.2, 0.25) is 5.91 Å². The summed E-state index contributed by atoms with van der Waals surface area (Å²) in [6.45, 7) is 8.48. The van der Waals surface area contributed by atoms with Crippen LogP contribution >= 0.6 is 0 Å². The summed E-state index contributed by atoms with van der Waals surface area (Å²) in [5.41, 5.74) is 4.94. The highest BCUT2D eigenvalue weighted by Gasteiger charge is 2.14. The van der Waals surface area contributed by atoms with Gasteiger partial charge in [-0.1, -0.05) is 19.1 Å². The van der Waals surface area contributed by atoms with Crippen LogP contribution in [0.4, 0.5) is 0 Å². The zero-order chi connectivity index (χ0) is 17.8. The highest BCUT2D eigenvalue weighted by Crippen LogP contribution is 2.22. The zero-order valence-electron chi connectivity index (χ0n) is 15.1. The molecule has 2 heterocycles. The molecule has 0 aliphatic carbocycles. The van der Waals surface area contributed by atoms with Crippen molar-refractivity contribution in [2.45, 2.75) is 33.6 Å². The van der Waals surface area contributed by atoms with Crippen molar-refractivity contribution in [3.8, 4) is 0 Å². The van der Waals surface area contributed by atoms with Crippen molar-refractivity contribution in [2.24, 2.45) is 0 Å². The van der Waals surface area contributed by atoms with Gasteiger partial charge in [0.25, 0.3) is 0 Å². The number of carbonyl (C=O) groups is 1. The second kappa shape index (κ2) is 7.61. The molecule has 0 aliphatic rings. The van der Waals surface area contributed by atoms with Crippen LogP contribution in [-0.4, -0.2) is 40.1 Å². The van der Waals surface area contributed by atoms with Crippen LogP contribution in [0.25, 0.3) is 16.6 Å². The van der Waals surface area contributed by atoms with E-state index in [0.717, 1.165) is 46.6 Å². The first-order valence-corrected chi connectivity index (χ1v) is 8.82. The van der Waals surface area contributed by atoms with Crippen LogP contribution in [0.15, 0.2) is 24.3 Å². The van der Waals surface area contributed by atoms with Gasteiger partial charge < -0.3 is 10.6 Å². The first-order valence-electron chi connectivity index (χ1n) is 8.82. The van der Waals surface area contributed by atoms with E-state index >= 15 is 0 Å². The Bertz CT molecular complexity index is 900. The van der Waals surface area contributed by atoms with Gasteiger partial charge in [-0.25, -0.2) is 9.50 Å². The van der Waals surface area contributed by atoms with E-state index in [1.807, 2.05) is 42.6 Å². The summed E-state index contributed by atoms with van der Waals surface area (Å²) in [5, 5.41) is 11.8. The third-order valence-corrected chi connectivity index (χ3v) is 4.49. The first kappa shape index (κ1) is 17.4. The van der Waals surface area contributed by atoms with E-state index < -0.39 is 0 Å². The molecule has 0 unspecified atom stereocenters. The van der Waals surface area contributed by atoms with Gasteiger partial charge >= 0.3 is 0 Å². The van der Waals surface area contributed by atoms with E-state index in [0.29, 0.717) is 19.4 Å². The molecular weight excluding hydrogens is 314 g/mol. The third kappa shape index (κ3) is 3.64. The van der Waals surface area contributed by atoms with Crippen LogP contribution in [-0.2, 0) is 11.2 Å². The Morgan fingerprint density at radius 3 is 2.80 bits per heavy atom. The zero-order valence-corrected chi connectivity index (χ0v) is 15.1. The summed E-state index contributed by atoms with van der Waals surface area (Å²) in [5.74, 6) is 0.0717. The number of carbonyl (C=O) groups excluding carboxylic acids is 1. The predicted molar refractivity (Wildman–Crippen MR) is 99.8 cm³/mol. The number of aryl methyl sites for hydroxylation is 2. The molecule has 2 N–H and O–H groups in total. The van der Waals surface area contributed by atoms with E-state index in [4.69, 9.17) is 4.98 Å². The molecule has 0 aliphatic heterocycles. The van der Waals surface area contributed by atoms with Crippen LogP contribution < -0.4 is 10.6 Å². The van der Waals surface area contributed by atoms with E-state index in [1.165, 1.54) is 0 Å². The normalized spacial score (nSPS) is 11.3. The topological polar surface area (TPSA) is 71.3 Å². The van der Waals surface area contributed by atoms with Crippen molar-refractivity contribution >= 4 is 22.5 Å². The number of benzene rings is 1. The quantitative estimate of drug-likeness (QED) is 0.647. The predicted octanol–water partition coefficient (Wildman–Crippen LogP) is 2.16. The lowest BCUT2D eigenvalue weighted by Crippen LogP contribution is -2.31. The molecule has 0 fully saturated rings. The number of nitrogens with zero attached hydrogens (tertiary/aromatic N) is 3. The van der Waals surface area contributed by atoms with Crippen molar-refractivity contribution in [3.63, 3.8) is 0 Å². The number of rotatable bonds is 7. The van der Waals surface area contributed by atoms with Gasteiger partial charge in [0.05, 0.1) is 5.52 Å². The second-order valence-electron chi connectivity index (χ2n) is 6.22. The average molecular weight is 339 g/mol. The van der Waals surface area contributed by atoms with Crippen LogP contribution in [0.2, 0.25) is 0 Å². The lowest BCUT2D eigenvalue weighted by Gasteiger charge is -2.11. The molecule has 132 valence electrons. The number of hydrogen-bond donors (Lipinski definition) is 2. The van der Waals surface area contributed by atoms with Gasteiger partial charge in [-0.3, -0.25) is 4.79 Å². The molecule has 0 spiro atoms. The molecule has 0 atom stereocenters. The number of fused-ring (bicyclic) bond motifs is 3. The monoisotopic (exact) mass is 339 g/mol. The van der Waals surface area contributed by atoms with Crippen molar-refractivity contribution in [1.82, 2.24) is 25.2 Å². The maximum Gasteiger partial charge on any atom is 0.220 e. The summed E-state index contributed by atoms with van der Waals surface area (Å²) >= 11 is 0. The number of aromatic nitrogens is 3. The summed E-state index contributed by atoms with van der Waals surface area (Å²) in [4.78, 5) is 16.8. The van der Waals surface area contributed by atoms with Crippen LogP contribution in [0, 0.1) is 13.8 Å². The average Bonchev–Trinajstić information content (AvgIpc) is 2.97. The Hall–Kier alpha value is -2.47. The molecule has 3 aromatic rings. The van der Waals surface area contributed by atoms with Crippen molar-refractivity contribution in [2.75, 3.05) is 19.6 Å². The number of amides is 1. The third-order valence-electron chi connectivity index (χ3n) is 4.49. The molecule has 0 bridgehead atoms. The molecule has 2 aromatic heterocycles. The van der Waals surface area contributed by atoms with Gasteiger partial charge in [-0.15, -0.1) is 0 Å². The largest absolute Gasteiger partial charge is 0.355 e. The molecule has 0 saturated heterocycles. The van der Waals surface area contributed by atoms with Gasteiger partial charge in [0.1, 0.15) is 0 Å². The fraction of sp³-hybridized carbons (Fsp3) is 0.421.